The van der Waals surface area contributed by atoms with Crippen LogP contribution in [0.3, 0.4) is 0 Å². The van der Waals surface area contributed by atoms with Gasteiger partial charge in [0.1, 0.15) is 0 Å². The van der Waals surface area contributed by atoms with Gasteiger partial charge in [0.15, 0.2) is 0 Å². The van der Waals surface area contributed by atoms with Gasteiger partial charge in [-0.05, 0) is 18.3 Å². The van der Waals surface area contributed by atoms with E-state index in [4.69, 9.17) is 0 Å². The fourth-order valence-corrected chi connectivity index (χ4v) is 4.11. The lowest BCUT2D eigenvalue weighted by Crippen LogP contribution is -2.11. The molecule has 0 aliphatic heterocycles. The predicted octanol–water partition coefficient (Wildman–Crippen LogP) is 9.52. The lowest BCUT2D eigenvalue weighted by Gasteiger charge is -2.23. The quantitative estimate of drug-likeness (QED) is 0.191. The van der Waals surface area contributed by atoms with Crippen LogP contribution in [0.1, 0.15) is 143 Å². The summed E-state index contributed by atoms with van der Waals surface area (Å²) in [6.07, 6.45) is 28.5. The molecule has 0 saturated heterocycles. The van der Waals surface area contributed by atoms with Crippen molar-refractivity contribution in [3.63, 3.8) is 0 Å². The van der Waals surface area contributed by atoms with Gasteiger partial charge in [0.05, 0.1) is 0 Å². The first-order chi connectivity index (χ1) is 12.3. The Labute approximate surface area is 161 Å². The predicted molar refractivity (Wildman–Crippen MR) is 117 cm³/mol. The summed E-state index contributed by atoms with van der Waals surface area (Å²) in [6, 6.07) is 0. The minimum atomic E-state index is 0.897. The summed E-state index contributed by atoms with van der Waals surface area (Å²) in [5.74, 6) is 1.80. The Hall–Kier alpha value is 0. The van der Waals surface area contributed by atoms with Crippen LogP contribution in [0.25, 0.3) is 0 Å². The van der Waals surface area contributed by atoms with Crippen LogP contribution >= 0.6 is 0 Å². The second kappa shape index (κ2) is 20.3. The molecule has 0 heteroatoms. The molecule has 0 nitrogen and oxygen atoms in total. The van der Waals surface area contributed by atoms with Crippen molar-refractivity contribution in [2.45, 2.75) is 143 Å². The molecule has 0 saturated carbocycles. The Morgan fingerprint density at radius 2 is 0.760 bits per heavy atom. The first-order valence-electron chi connectivity index (χ1n) is 12.1. The molecule has 0 rings (SSSR count). The van der Waals surface area contributed by atoms with Gasteiger partial charge in [0.2, 0.25) is 0 Å². The van der Waals surface area contributed by atoms with Gasteiger partial charge in [0, 0.05) is 0 Å². The third-order valence-corrected chi connectivity index (χ3v) is 5.74. The van der Waals surface area contributed by atoms with E-state index in [0.29, 0.717) is 0 Å². The molecule has 0 aromatic heterocycles. The SMILES string of the molecule is CCCCCCCC([CH]C(CCCCCC)CCCCCC)CCC. The maximum absolute atomic E-state index is 2.82. The zero-order valence-corrected chi connectivity index (χ0v) is 18.5. The van der Waals surface area contributed by atoms with Crippen molar-refractivity contribution in [1.82, 2.24) is 0 Å². The van der Waals surface area contributed by atoms with Crippen LogP contribution in [0.15, 0.2) is 0 Å². The smallest absolute Gasteiger partial charge is 0.0324 e. The normalized spacial score (nSPS) is 12.8. The molecule has 1 radical (unpaired) electrons. The van der Waals surface area contributed by atoms with Crippen molar-refractivity contribution >= 4 is 0 Å². The lowest BCUT2D eigenvalue weighted by atomic mass is 9.82. The molecule has 151 valence electrons. The largest absolute Gasteiger partial charge is 0.0654 e. The zero-order valence-electron chi connectivity index (χ0n) is 18.5. The third kappa shape index (κ3) is 17.2. The average Bonchev–Trinajstić information content (AvgIpc) is 2.61. The Bertz CT molecular complexity index is 220. The van der Waals surface area contributed by atoms with E-state index in [0.717, 1.165) is 11.8 Å². The van der Waals surface area contributed by atoms with Crippen LogP contribution < -0.4 is 0 Å². The Morgan fingerprint density at radius 3 is 1.16 bits per heavy atom. The van der Waals surface area contributed by atoms with Crippen LogP contribution in [0.2, 0.25) is 0 Å². The average molecular weight is 352 g/mol. The summed E-state index contributed by atoms with van der Waals surface area (Å²) in [5.41, 5.74) is 0. The number of unbranched alkanes of at least 4 members (excludes halogenated alkanes) is 10. The summed E-state index contributed by atoms with van der Waals surface area (Å²) < 4.78 is 0. The first kappa shape index (κ1) is 25.0. The molecule has 0 N–H and O–H groups in total. The summed E-state index contributed by atoms with van der Waals surface area (Å²) in [4.78, 5) is 0. The maximum atomic E-state index is 2.82. The summed E-state index contributed by atoms with van der Waals surface area (Å²) in [5, 5.41) is 0. The molecular formula is C25H51. The topological polar surface area (TPSA) is 0 Å². The van der Waals surface area contributed by atoms with Gasteiger partial charge >= 0.3 is 0 Å². The van der Waals surface area contributed by atoms with Gasteiger partial charge in [-0.1, -0.05) is 143 Å². The number of hydrogen-bond donors (Lipinski definition) is 0. The first-order valence-corrected chi connectivity index (χ1v) is 12.1. The molecule has 0 spiro atoms. The number of rotatable bonds is 20. The Morgan fingerprint density at radius 1 is 0.400 bits per heavy atom. The highest BCUT2D eigenvalue weighted by atomic mass is 14.2. The van der Waals surface area contributed by atoms with Gasteiger partial charge in [-0.25, -0.2) is 0 Å². The van der Waals surface area contributed by atoms with E-state index >= 15 is 0 Å². The Balaban J connectivity index is 4.22. The van der Waals surface area contributed by atoms with Crippen molar-refractivity contribution in [3.8, 4) is 0 Å². The van der Waals surface area contributed by atoms with Crippen LogP contribution in [-0.2, 0) is 0 Å². The van der Waals surface area contributed by atoms with E-state index < -0.39 is 0 Å². The van der Waals surface area contributed by atoms with Crippen molar-refractivity contribution in [3.05, 3.63) is 6.42 Å². The van der Waals surface area contributed by atoms with E-state index in [1.54, 1.807) is 0 Å². The van der Waals surface area contributed by atoms with Crippen molar-refractivity contribution in [2.75, 3.05) is 0 Å². The maximum Gasteiger partial charge on any atom is -0.0324 e. The van der Waals surface area contributed by atoms with E-state index in [-0.39, 0.29) is 0 Å². The van der Waals surface area contributed by atoms with Crippen LogP contribution in [0, 0.1) is 18.3 Å². The Kier molecular flexibility index (Phi) is 20.3. The summed E-state index contributed by atoms with van der Waals surface area (Å²) in [6.45, 7) is 9.33. The van der Waals surface area contributed by atoms with Gasteiger partial charge < -0.3 is 0 Å². The molecule has 1 atom stereocenters. The van der Waals surface area contributed by atoms with Crippen LogP contribution in [0.4, 0.5) is 0 Å². The molecule has 0 amide bonds. The fraction of sp³-hybridized carbons (Fsp3) is 0.960. The molecule has 0 fully saturated rings. The minimum Gasteiger partial charge on any atom is -0.0654 e. The van der Waals surface area contributed by atoms with E-state index in [2.05, 4.69) is 34.1 Å². The number of hydrogen-bond acceptors (Lipinski definition) is 0. The second-order valence-electron chi connectivity index (χ2n) is 8.40. The monoisotopic (exact) mass is 351 g/mol. The second-order valence-corrected chi connectivity index (χ2v) is 8.40. The van der Waals surface area contributed by atoms with Gasteiger partial charge in [-0.3, -0.25) is 0 Å². The van der Waals surface area contributed by atoms with Crippen LogP contribution in [-0.4, -0.2) is 0 Å². The van der Waals surface area contributed by atoms with Crippen molar-refractivity contribution < 1.29 is 0 Å². The highest BCUT2D eigenvalue weighted by Gasteiger charge is 2.16. The minimum absolute atomic E-state index is 0.897. The van der Waals surface area contributed by atoms with Crippen LogP contribution in [0.5, 0.6) is 0 Å². The summed E-state index contributed by atoms with van der Waals surface area (Å²) >= 11 is 0. The molecule has 0 aromatic rings. The molecule has 0 aliphatic carbocycles. The molecular weight excluding hydrogens is 300 g/mol. The lowest BCUT2D eigenvalue weighted by molar-refractivity contribution is 0.372. The van der Waals surface area contributed by atoms with Crippen molar-refractivity contribution in [1.29, 1.82) is 0 Å². The van der Waals surface area contributed by atoms with E-state index in [1.165, 1.54) is 116 Å². The third-order valence-electron chi connectivity index (χ3n) is 5.74. The highest BCUT2D eigenvalue weighted by molar-refractivity contribution is 4.84. The fourth-order valence-electron chi connectivity index (χ4n) is 4.11. The van der Waals surface area contributed by atoms with E-state index in [1.807, 2.05) is 0 Å². The summed E-state index contributed by atoms with van der Waals surface area (Å²) in [7, 11) is 0. The molecule has 0 bridgehead atoms. The van der Waals surface area contributed by atoms with Crippen molar-refractivity contribution in [2.24, 2.45) is 11.8 Å². The molecule has 0 heterocycles. The molecule has 0 aliphatic rings. The van der Waals surface area contributed by atoms with Gasteiger partial charge in [-0.2, -0.15) is 0 Å². The molecule has 25 heavy (non-hydrogen) atoms. The van der Waals surface area contributed by atoms with Gasteiger partial charge in [-0.15, -0.1) is 0 Å². The molecule has 0 aromatic carbocycles. The van der Waals surface area contributed by atoms with E-state index in [9.17, 15) is 0 Å². The molecule has 1 unspecified atom stereocenters. The van der Waals surface area contributed by atoms with Gasteiger partial charge in [0.25, 0.3) is 0 Å². The zero-order chi connectivity index (χ0) is 18.6. The highest BCUT2D eigenvalue weighted by Crippen LogP contribution is 2.29. The standard InChI is InChI=1S/C25H51/c1-5-9-12-15-18-20-24(19-8-4)23-25(21-16-13-10-6-2)22-17-14-11-7-3/h23-25H,5-22H2,1-4H3.